The van der Waals surface area contributed by atoms with Crippen LogP contribution in [0.2, 0.25) is 0 Å². The average molecular weight is 217 g/mol. The molecule has 1 rings (SSSR count). The number of hydrogen-bond acceptors (Lipinski definition) is 2. The molecule has 1 N–H and O–H groups in total. The van der Waals surface area contributed by atoms with Crippen molar-refractivity contribution in [1.29, 1.82) is 5.26 Å². The summed E-state index contributed by atoms with van der Waals surface area (Å²) in [5.41, 5.74) is 0.406. The zero-order valence-corrected chi connectivity index (χ0v) is 10.1. The van der Waals surface area contributed by atoms with E-state index in [0.29, 0.717) is 6.42 Å². The number of nitriles is 1. The first-order valence-electron chi connectivity index (χ1n) is 5.68. The van der Waals surface area contributed by atoms with Crippen LogP contribution in [0.5, 0.6) is 0 Å². The summed E-state index contributed by atoms with van der Waals surface area (Å²) in [5, 5.41) is 19.1. The molecule has 0 saturated carbocycles. The summed E-state index contributed by atoms with van der Waals surface area (Å²) >= 11 is 0. The van der Waals surface area contributed by atoms with E-state index in [1.165, 1.54) is 0 Å². The Balaban J connectivity index is 3.19. The van der Waals surface area contributed by atoms with E-state index < -0.39 is 11.5 Å². The fourth-order valence-corrected chi connectivity index (χ4v) is 2.13. The fourth-order valence-electron chi connectivity index (χ4n) is 2.13. The number of benzene rings is 1. The van der Waals surface area contributed by atoms with Gasteiger partial charge in [0.1, 0.15) is 0 Å². The van der Waals surface area contributed by atoms with Gasteiger partial charge in [0.2, 0.25) is 0 Å². The minimum absolute atomic E-state index is 0.175. The summed E-state index contributed by atoms with van der Waals surface area (Å²) < 4.78 is 0. The van der Waals surface area contributed by atoms with E-state index >= 15 is 0 Å². The molecular weight excluding hydrogens is 198 g/mol. The van der Waals surface area contributed by atoms with Gasteiger partial charge in [-0.3, -0.25) is 0 Å². The first kappa shape index (κ1) is 12.7. The molecule has 0 aliphatic heterocycles. The molecule has 2 heteroatoms. The Bertz CT molecular complexity index is 364. The molecular formula is C14H19NO. The SMILES string of the molecule is CC(C)[C@](C#N)(C[C@H](C)O)c1ccccc1. The molecule has 2 nitrogen and oxygen atoms in total. The second-order valence-corrected chi connectivity index (χ2v) is 4.66. The number of nitrogens with zero attached hydrogens (tertiary/aromatic N) is 1. The molecule has 0 radical (unpaired) electrons. The van der Waals surface area contributed by atoms with Crippen LogP contribution < -0.4 is 0 Å². The standard InChI is InChI=1S/C14H19NO/c1-11(2)14(10-15,9-12(3)16)13-7-5-4-6-8-13/h4-8,11-12,16H,9H2,1-3H3/t12-,14+/m0/s1. The van der Waals surface area contributed by atoms with Crippen molar-refractivity contribution in [1.82, 2.24) is 0 Å². The van der Waals surface area contributed by atoms with Gasteiger partial charge in [-0.05, 0) is 24.8 Å². The van der Waals surface area contributed by atoms with Crippen LogP contribution in [0.15, 0.2) is 30.3 Å². The van der Waals surface area contributed by atoms with E-state index in [1.54, 1.807) is 6.92 Å². The van der Waals surface area contributed by atoms with Crippen molar-refractivity contribution >= 4 is 0 Å². The maximum atomic E-state index is 9.58. The fraction of sp³-hybridized carbons (Fsp3) is 0.500. The molecule has 0 fully saturated rings. The normalized spacial score (nSPS) is 16.5. The van der Waals surface area contributed by atoms with Crippen LogP contribution in [0, 0.1) is 17.2 Å². The Hall–Kier alpha value is -1.33. The maximum Gasteiger partial charge on any atom is 0.0869 e. The molecule has 86 valence electrons. The van der Waals surface area contributed by atoms with Crippen molar-refractivity contribution in [3.05, 3.63) is 35.9 Å². The quantitative estimate of drug-likeness (QED) is 0.842. The molecule has 0 saturated heterocycles. The first-order valence-corrected chi connectivity index (χ1v) is 5.68. The number of rotatable bonds is 4. The van der Waals surface area contributed by atoms with Gasteiger partial charge in [-0.2, -0.15) is 5.26 Å². The topological polar surface area (TPSA) is 44.0 Å². The van der Waals surface area contributed by atoms with Crippen LogP contribution in [0.25, 0.3) is 0 Å². The molecule has 16 heavy (non-hydrogen) atoms. The summed E-state index contributed by atoms with van der Waals surface area (Å²) in [6, 6.07) is 12.1. The van der Waals surface area contributed by atoms with Crippen molar-refractivity contribution in [2.24, 2.45) is 5.92 Å². The van der Waals surface area contributed by atoms with Gasteiger partial charge in [-0.25, -0.2) is 0 Å². The predicted molar refractivity (Wildman–Crippen MR) is 64.9 cm³/mol. The van der Waals surface area contributed by atoms with Gasteiger partial charge in [0, 0.05) is 0 Å². The molecule has 0 bridgehead atoms. The van der Waals surface area contributed by atoms with Crippen molar-refractivity contribution < 1.29 is 5.11 Å². The predicted octanol–water partition coefficient (Wildman–Crippen LogP) is 2.87. The van der Waals surface area contributed by atoms with Crippen molar-refractivity contribution in [2.75, 3.05) is 0 Å². The monoisotopic (exact) mass is 217 g/mol. The first-order chi connectivity index (χ1) is 7.53. The molecule has 0 aliphatic carbocycles. The highest BCUT2D eigenvalue weighted by atomic mass is 16.3. The van der Waals surface area contributed by atoms with Crippen LogP contribution >= 0.6 is 0 Å². The summed E-state index contributed by atoms with van der Waals surface area (Å²) in [4.78, 5) is 0. The third-order valence-corrected chi connectivity index (χ3v) is 3.09. The van der Waals surface area contributed by atoms with Crippen LogP contribution in [0.3, 0.4) is 0 Å². The van der Waals surface area contributed by atoms with Crippen LogP contribution in [-0.2, 0) is 5.41 Å². The molecule has 0 aromatic heterocycles. The van der Waals surface area contributed by atoms with Gasteiger partial charge in [0.25, 0.3) is 0 Å². The highest BCUT2D eigenvalue weighted by Gasteiger charge is 2.36. The van der Waals surface area contributed by atoms with E-state index in [1.807, 2.05) is 44.2 Å². The van der Waals surface area contributed by atoms with Crippen LogP contribution in [-0.4, -0.2) is 11.2 Å². The zero-order valence-electron chi connectivity index (χ0n) is 10.1. The van der Waals surface area contributed by atoms with E-state index in [4.69, 9.17) is 0 Å². The van der Waals surface area contributed by atoms with Crippen molar-refractivity contribution in [3.8, 4) is 6.07 Å². The van der Waals surface area contributed by atoms with Gasteiger partial charge in [-0.1, -0.05) is 44.2 Å². The lowest BCUT2D eigenvalue weighted by molar-refractivity contribution is 0.147. The van der Waals surface area contributed by atoms with E-state index in [2.05, 4.69) is 6.07 Å². The summed E-state index contributed by atoms with van der Waals surface area (Å²) in [6.45, 7) is 5.79. The summed E-state index contributed by atoms with van der Waals surface area (Å²) in [6.07, 6.45) is 0.00723. The lowest BCUT2D eigenvalue weighted by Gasteiger charge is -2.32. The Labute approximate surface area is 97.5 Å². The summed E-state index contributed by atoms with van der Waals surface area (Å²) in [7, 11) is 0. The van der Waals surface area contributed by atoms with Gasteiger partial charge < -0.3 is 5.11 Å². The number of aliphatic hydroxyl groups is 1. The van der Waals surface area contributed by atoms with Gasteiger partial charge in [0.15, 0.2) is 0 Å². The Morgan fingerprint density at radius 3 is 2.19 bits per heavy atom. The van der Waals surface area contributed by atoms with E-state index in [0.717, 1.165) is 5.56 Å². The second-order valence-electron chi connectivity index (χ2n) is 4.66. The number of hydrogen-bond donors (Lipinski definition) is 1. The zero-order chi connectivity index (χ0) is 12.2. The van der Waals surface area contributed by atoms with Gasteiger partial charge in [0.05, 0.1) is 17.6 Å². The highest BCUT2D eigenvalue weighted by Crippen LogP contribution is 2.36. The lowest BCUT2D eigenvalue weighted by Crippen LogP contribution is -2.34. The van der Waals surface area contributed by atoms with Crippen LogP contribution in [0.1, 0.15) is 32.8 Å². The van der Waals surface area contributed by atoms with Gasteiger partial charge >= 0.3 is 0 Å². The van der Waals surface area contributed by atoms with Crippen molar-refractivity contribution in [3.63, 3.8) is 0 Å². The third-order valence-electron chi connectivity index (χ3n) is 3.09. The summed E-state index contributed by atoms with van der Waals surface area (Å²) in [5.74, 6) is 0.175. The van der Waals surface area contributed by atoms with Crippen LogP contribution in [0.4, 0.5) is 0 Å². The smallest absolute Gasteiger partial charge is 0.0869 e. The molecule has 0 unspecified atom stereocenters. The Morgan fingerprint density at radius 1 is 1.25 bits per heavy atom. The molecule has 0 aliphatic rings. The van der Waals surface area contributed by atoms with E-state index in [-0.39, 0.29) is 5.92 Å². The Kier molecular flexibility index (Phi) is 4.09. The molecule has 2 atom stereocenters. The highest BCUT2D eigenvalue weighted by molar-refractivity contribution is 5.33. The minimum Gasteiger partial charge on any atom is -0.393 e. The van der Waals surface area contributed by atoms with Gasteiger partial charge in [-0.15, -0.1) is 0 Å². The number of aliphatic hydroxyl groups excluding tert-OH is 1. The maximum absolute atomic E-state index is 9.58. The Morgan fingerprint density at radius 2 is 1.81 bits per heavy atom. The lowest BCUT2D eigenvalue weighted by atomic mass is 9.69. The molecule has 0 heterocycles. The molecule has 1 aromatic rings. The second kappa shape index (κ2) is 5.14. The molecule has 0 amide bonds. The molecule has 0 spiro atoms. The largest absolute Gasteiger partial charge is 0.393 e. The third kappa shape index (κ3) is 2.43. The van der Waals surface area contributed by atoms with Crippen molar-refractivity contribution in [2.45, 2.75) is 38.7 Å². The molecule has 1 aromatic carbocycles. The van der Waals surface area contributed by atoms with E-state index in [9.17, 15) is 10.4 Å². The average Bonchev–Trinajstić information content (AvgIpc) is 2.26. The minimum atomic E-state index is -0.588.